The first kappa shape index (κ1) is 20.8. The lowest BCUT2D eigenvalue weighted by atomic mass is 9.87. The summed E-state index contributed by atoms with van der Waals surface area (Å²) in [5.41, 5.74) is 5.97. The van der Waals surface area contributed by atoms with Gasteiger partial charge >= 0.3 is 0 Å². The van der Waals surface area contributed by atoms with E-state index >= 15 is 0 Å². The van der Waals surface area contributed by atoms with E-state index in [1.807, 2.05) is 77.5 Å². The molecule has 0 amide bonds. The Morgan fingerprint density at radius 1 is 0.970 bits per heavy atom. The van der Waals surface area contributed by atoms with Gasteiger partial charge in [0.2, 0.25) is 5.78 Å². The Bertz CT molecular complexity index is 1390. The molecule has 0 unspecified atom stereocenters. The van der Waals surface area contributed by atoms with Gasteiger partial charge in [0.25, 0.3) is 0 Å². The van der Waals surface area contributed by atoms with Crippen molar-refractivity contribution in [2.24, 2.45) is 5.92 Å². The number of ketones is 1. The molecule has 0 spiro atoms. The van der Waals surface area contributed by atoms with Crippen LogP contribution in [-0.4, -0.2) is 20.6 Å². The normalized spacial score (nSPS) is 12.7. The van der Waals surface area contributed by atoms with E-state index in [0.717, 1.165) is 34.6 Å². The van der Waals surface area contributed by atoms with Gasteiger partial charge in [0.05, 0.1) is 17.5 Å². The topological polar surface area (TPSA) is 70.7 Å². The van der Waals surface area contributed by atoms with Crippen molar-refractivity contribution in [3.8, 4) is 23.0 Å². The average Bonchev–Trinajstić information content (AvgIpc) is 3.26. The summed E-state index contributed by atoms with van der Waals surface area (Å²) >= 11 is 5.46. The van der Waals surface area contributed by atoms with E-state index < -0.39 is 5.92 Å². The summed E-state index contributed by atoms with van der Waals surface area (Å²) < 4.78 is 1.82. The van der Waals surface area contributed by atoms with Crippen molar-refractivity contribution in [2.75, 3.05) is 5.32 Å². The van der Waals surface area contributed by atoms with Crippen LogP contribution in [0.4, 0.5) is 5.69 Å². The van der Waals surface area contributed by atoms with Crippen molar-refractivity contribution >= 4 is 28.7 Å². The number of benzene rings is 3. The highest BCUT2D eigenvalue weighted by Crippen LogP contribution is 2.37. The fourth-order valence-corrected chi connectivity index (χ4v) is 4.53. The van der Waals surface area contributed by atoms with Crippen LogP contribution in [0.25, 0.3) is 16.9 Å². The number of nitriles is 1. The first-order valence-electron chi connectivity index (χ1n) is 10.7. The lowest BCUT2D eigenvalue weighted by Crippen LogP contribution is -2.28. The summed E-state index contributed by atoms with van der Waals surface area (Å²) in [7, 11) is 0. The number of fused-ring (bicyclic) bond motifs is 3. The summed E-state index contributed by atoms with van der Waals surface area (Å²) in [5, 5.41) is 17.6. The van der Waals surface area contributed by atoms with Crippen molar-refractivity contribution in [3.63, 3.8) is 0 Å². The third-order valence-corrected chi connectivity index (χ3v) is 6.17. The number of Topliss-reactive ketones (excluding diaryl/α,β-unsaturated/α-hetero) is 1. The summed E-state index contributed by atoms with van der Waals surface area (Å²) in [6.45, 7) is 0. The van der Waals surface area contributed by atoms with Gasteiger partial charge in [-0.3, -0.25) is 4.79 Å². The molecular weight excluding hydrogens is 428 g/mol. The minimum atomic E-state index is -1.12. The first-order valence-corrected chi connectivity index (χ1v) is 11.1. The van der Waals surface area contributed by atoms with Crippen molar-refractivity contribution in [2.45, 2.75) is 12.8 Å². The van der Waals surface area contributed by atoms with Crippen LogP contribution in [0, 0.1) is 17.2 Å². The Morgan fingerprint density at radius 2 is 1.64 bits per heavy atom. The quantitative estimate of drug-likeness (QED) is 0.327. The number of aryl methyl sites for hydroxylation is 1. The molecule has 5 nitrogen and oxygen atoms in total. The van der Waals surface area contributed by atoms with Crippen LogP contribution in [-0.2, 0) is 12.8 Å². The van der Waals surface area contributed by atoms with Crippen molar-refractivity contribution < 1.29 is 4.79 Å². The summed E-state index contributed by atoms with van der Waals surface area (Å²) in [6, 6.07) is 29.3. The maximum absolute atomic E-state index is 13.6. The van der Waals surface area contributed by atoms with Gasteiger partial charge in [-0.2, -0.15) is 10.4 Å². The fourth-order valence-electron chi connectivity index (χ4n) is 4.26. The van der Waals surface area contributed by atoms with E-state index in [1.54, 1.807) is 0 Å². The minimum Gasteiger partial charge on any atom is -0.349 e. The van der Waals surface area contributed by atoms with E-state index in [1.165, 1.54) is 5.56 Å². The van der Waals surface area contributed by atoms with Gasteiger partial charge in [-0.1, -0.05) is 72.9 Å². The highest BCUT2D eigenvalue weighted by Gasteiger charge is 2.33. The van der Waals surface area contributed by atoms with Crippen molar-refractivity contribution in [3.05, 3.63) is 102 Å². The van der Waals surface area contributed by atoms with Gasteiger partial charge < -0.3 is 5.32 Å². The molecular formula is C27H20N4OS. The largest absolute Gasteiger partial charge is 0.349 e. The summed E-state index contributed by atoms with van der Waals surface area (Å²) in [5.74, 6) is -1.50. The lowest BCUT2D eigenvalue weighted by molar-refractivity contribution is 0.0969. The molecule has 1 heterocycles. The number of nitrogens with one attached hydrogen (secondary N) is 1. The predicted octanol–water partition coefficient (Wildman–Crippen LogP) is 5.40. The third-order valence-electron chi connectivity index (χ3n) is 5.83. The molecule has 0 aliphatic heterocycles. The van der Waals surface area contributed by atoms with Crippen molar-refractivity contribution in [1.29, 1.82) is 5.26 Å². The zero-order valence-electron chi connectivity index (χ0n) is 17.7. The number of carbonyl (C=O) groups excluding carboxylic acids is 1. The molecule has 0 bridgehead atoms. The Labute approximate surface area is 197 Å². The fraction of sp³-hybridized carbons (Fsp3) is 0.111. The molecule has 0 fully saturated rings. The second-order valence-electron chi connectivity index (χ2n) is 7.86. The minimum absolute atomic E-state index is 0.174. The van der Waals surface area contributed by atoms with Gasteiger partial charge in [0.15, 0.2) is 5.92 Å². The average molecular weight is 449 g/mol. The highest BCUT2D eigenvalue weighted by atomic mass is 32.1. The third kappa shape index (κ3) is 3.84. The van der Waals surface area contributed by atoms with Gasteiger partial charge in [0.1, 0.15) is 10.7 Å². The molecule has 0 saturated heterocycles. The zero-order chi connectivity index (χ0) is 22.8. The predicted molar refractivity (Wildman–Crippen MR) is 133 cm³/mol. The lowest BCUT2D eigenvalue weighted by Gasteiger charge is -2.19. The molecule has 4 aromatic rings. The number of para-hydroxylation sites is 2. The molecule has 160 valence electrons. The zero-order valence-corrected chi connectivity index (χ0v) is 18.5. The molecule has 1 atom stereocenters. The van der Waals surface area contributed by atoms with Crippen LogP contribution in [0.3, 0.4) is 0 Å². The number of carbonyl (C=O) groups is 1. The second-order valence-corrected chi connectivity index (χ2v) is 8.30. The van der Waals surface area contributed by atoms with E-state index in [0.29, 0.717) is 12.1 Å². The standard InChI is InChI=1S/C27H20N4OS/c28-17-23(27(33)29-19-10-3-1-4-11-19)26(32)24-22-16-15-18-9-7-8-14-21(18)25(22)31(30-24)20-12-5-2-6-13-20/h1-14,23H,15-16H2,(H,29,33)/t23-/m1/s1. The molecule has 6 heteroatoms. The smallest absolute Gasteiger partial charge is 0.207 e. The number of anilines is 1. The van der Waals surface area contributed by atoms with Gasteiger partial charge in [-0.15, -0.1) is 0 Å². The summed E-state index contributed by atoms with van der Waals surface area (Å²) in [4.78, 5) is 13.8. The number of aromatic nitrogens is 2. The maximum Gasteiger partial charge on any atom is 0.207 e. The van der Waals surface area contributed by atoms with E-state index in [9.17, 15) is 10.1 Å². The molecule has 5 rings (SSSR count). The number of hydrogen-bond donors (Lipinski definition) is 1. The highest BCUT2D eigenvalue weighted by molar-refractivity contribution is 7.80. The number of thiocarbonyl (C=S) groups is 1. The molecule has 1 aliphatic carbocycles. The Morgan fingerprint density at radius 3 is 2.36 bits per heavy atom. The SMILES string of the molecule is N#C[C@H](C(=O)c1nn(-c2ccccc2)c2c1CCc1ccccc1-2)C(=S)Nc1ccccc1. The van der Waals surface area contributed by atoms with Crippen LogP contribution >= 0.6 is 12.2 Å². The van der Waals surface area contributed by atoms with Crippen LogP contribution in [0.15, 0.2) is 84.9 Å². The van der Waals surface area contributed by atoms with Crippen LogP contribution in [0.1, 0.15) is 21.6 Å². The van der Waals surface area contributed by atoms with Gasteiger partial charge in [-0.05, 0) is 42.7 Å². The monoisotopic (exact) mass is 448 g/mol. The number of rotatable bonds is 5. The Hall–Kier alpha value is -4.08. The van der Waals surface area contributed by atoms with E-state index in [-0.39, 0.29) is 10.8 Å². The van der Waals surface area contributed by atoms with Gasteiger partial charge in [-0.25, -0.2) is 4.68 Å². The Balaban J connectivity index is 1.59. The molecule has 3 aromatic carbocycles. The number of hydrogen-bond acceptors (Lipinski definition) is 4. The molecule has 1 aromatic heterocycles. The Kier molecular flexibility index (Phi) is 5.55. The van der Waals surface area contributed by atoms with E-state index in [4.69, 9.17) is 17.3 Å². The van der Waals surface area contributed by atoms with E-state index in [2.05, 4.69) is 23.5 Å². The molecule has 1 aliphatic rings. The molecule has 1 N–H and O–H groups in total. The molecule has 33 heavy (non-hydrogen) atoms. The van der Waals surface area contributed by atoms with Crippen molar-refractivity contribution in [1.82, 2.24) is 9.78 Å². The second kappa shape index (κ2) is 8.81. The van der Waals surface area contributed by atoms with Crippen LogP contribution in [0.5, 0.6) is 0 Å². The van der Waals surface area contributed by atoms with Gasteiger partial charge in [0, 0.05) is 16.8 Å². The number of nitrogens with zero attached hydrogens (tertiary/aromatic N) is 3. The summed E-state index contributed by atoms with van der Waals surface area (Å²) in [6.07, 6.45) is 1.49. The molecule has 0 radical (unpaired) electrons. The first-order chi connectivity index (χ1) is 16.2. The molecule has 0 saturated carbocycles. The van der Waals surface area contributed by atoms with Crippen LogP contribution < -0.4 is 5.32 Å². The maximum atomic E-state index is 13.6. The van der Waals surface area contributed by atoms with Crippen LogP contribution in [0.2, 0.25) is 0 Å².